The fourth-order valence-corrected chi connectivity index (χ4v) is 3.18. The van der Waals surface area contributed by atoms with Gasteiger partial charge < -0.3 is 9.84 Å². The van der Waals surface area contributed by atoms with Crippen LogP contribution in [0.3, 0.4) is 0 Å². The fraction of sp³-hybridized carbons (Fsp3) is 0.182. The molecule has 0 atom stereocenters. The van der Waals surface area contributed by atoms with Gasteiger partial charge in [-0.25, -0.2) is 9.07 Å². The van der Waals surface area contributed by atoms with E-state index in [1.807, 2.05) is 25.1 Å². The van der Waals surface area contributed by atoms with E-state index in [0.29, 0.717) is 34.2 Å². The van der Waals surface area contributed by atoms with Crippen LogP contribution in [0.25, 0.3) is 17.1 Å². The Hall–Kier alpha value is -3.81. The van der Waals surface area contributed by atoms with Crippen LogP contribution in [-0.4, -0.2) is 25.8 Å². The Morgan fingerprint density at radius 3 is 2.57 bits per heavy atom. The third kappa shape index (κ3) is 3.71. The smallest absolute Gasteiger partial charge is 0.259 e. The summed E-state index contributed by atoms with van der Waals surface area (Å²) in [6, 6.07) is 9.98. The lowest BCUT2D eigenvalue weighted by Gasteiger charge is -2.08. The van der Waals surface area contributed by atoms with E-state index < -0.39 is 0 Å². The predicted octanol–water partition coefficient (Wildman–Crippen LogP) is 4.55. The van der Waals surface area contributed by atoms with Gasteiger partial charge in [-0.05, 0) is 56.2 Å². The number of halogens is 1. The third-order valence-electron chi connectivity index (χ3n) is 4.82. The van der Waals surface area contributed by atoms with Gasteiger partial charge in [-0.2, -0.15) is 10.1 Å². The van der Waals surface area contributed by atoms with Crippen molar-refractivity contribution in [2.24, 2.45) is 0 Å². The van der Waals surface area contributed by atoms with Gasteiger partial charge in [0.15, 0.2) is 0 Å². The number of rotatable bonds is 4. The molecule has 8 heteroatoms. The Labute approximate surface area is 172 Å². The molecule has 4 aromatic rings. The zero-order chi connectivity index (χ0) is 21.4. The molecule has 0 unspecified atom stereocenters. The van der Waals surface area contributed by atoms with E-state index in [1.165, 1.54) is 12.1 Å². The molecule has 30 heavy (non-hydrogen) atoms. The number of anilines is 1. The van der Waals surface area contributed by atoms with Crippen LogP contribution in [0.4, 0.5) is 10.1 Å². The topological polar surface area (TPSA) is 85.8 Å². The Balaban J connectivity index is 1.66. The van der Waals surface area contributed by atoms with Crippen molar-refractivity contribution in [1.82, 2.24) is 19.9 Å². The molecule has 2 aromatic heterocycles. The predicted molar refractivity (Wildman–Crippen MR) is 110 cm³/mol. The quantitative estimate of drug-likeness (QED) is 0.538. The van der Waals surface area contributed by atoms with Crippen molar-refractivity contribution in [3.05, 3.63) is 76.7 Å². The normalized spacial score (nSPS) is 11.0. The van der Waals surface area contributed by atoms with Crippen molar-refractivity contribution in [3.63, 3.8) is 0 Å². The first kappa shape index (κ1) is 19.5. The SMILES string of the molecule is Cc1nc(-c2ccc(C)c(-n3cc(C(=O)Nc4ccc(F)cc4C)c(C)n3)c2)no1. The molecule has 152 valence electrons. The number of hydrogen-bond acceptors (Lipinski definition) is 5. The number of hydrogen-bond donors (Lipinski definition) is 1. The van der Waals surface area contributed by atoms with Crippen LogP contribution in [0.15, 0.2) is 47.1 Å². The van der Waals surface area contributed by atoms with Crippen molar-refractivity contribution in [2.45, 2.75) is 27.7 Å². The second-order valence-corrected chi connectivity index (χ2v) is 7.12. The molecule has 0 fully saturated rings. The zero-order valence-electron chi connectivity index (χ0n) is 17.0. The highest BCUT2D eigenvalue weighted by Gasteiger charge is 2.17. The van der Waals surface area contributed by atoms with E-state index >= 15 is 0 Å². The number of benzene rings is 2. The standard InChI is InChI=1S/C22H20FN5O2/c1-12-5-6-16(21-24-15(4)30-27-21)10-20(12)28-11-18(14(3)26-28)22(29)25-19-8-7-17(23)9-13(19)2/h5-11H,1-4H3,(H,25,29). The van der Waals surface area contributed by atoms with Crippen molar-refractivity contribution < 1.29 is 13.7 Å². The summed E-state index contributed by atoms with van der Waals surface area (Å²) in [6.45, 7) is 7.20. The summed E-state index contributed by atoms with van der Waals surface area (Å²) in [4.78, 5) is 17.1. The Bertz CT molecular complexity index is 1260. The van der Waals surface area contributed by atoms with Gasteiger partial charge in [0.1, 0.15) is 5.82 Å². The van der Waals surface area contributed by atoms with E-state index in [-0.39, 0.29) is 11.7 Å². The Morgan fingerprint density at radius 2 is 1.87 bits per heavy atom. The van der Waals surface area contributed by atoms with E-state index in [1.54, 1.807) is 37.7 Å². The first-order valence-corrected chi connectivity index (χ1v) is 9.37. The molecular formula is C22H20FN5O2. The monoisotopic (exact) mass is 405 g/mol. The van der Waals surface area contributed by atoms with Gasteiger partial charge in [-0.3, -0.25) is 4.79 Å². The van der Waals surface area contributed by atoms with Crippen LogP contribution in [0.2, 0.25) is 0 Å². The van der Waals surface area contributed by atoms with E-state index in [4.69, 9.17) is 4.52 Å². The zero-order valence-corrected chi connectivity index (χ0v) is 17.0. The van der Waals surface area contributed by atoms with Crippen LogP contribution in [0, 0.1) is 33.5 Å². The first-order chi connectivity index (χ1) is 14.3. The van der Waals surface area contributed by atoms with Gasteiger partial charge in [-0.1, -0.05) is 17.3 Å². The number of nitrogens with zero attached hydrogens (tertiary/aromatic N) is 4. The molecule has 1 amide bonds. The maximum atomic E-state index is 13.3. The fourth-order valence-electron chi connectivity index (χ4n) is 3.18. The number of carbonyl (C=O) groups is 1. The molecule has 0 bridgehead atoms. The van der Waals surface area contributed by atoms with Crippen molar-refractivity contribution >= 4 is 11.6 Å². The summed E-state index contributed by atoms with van der Waals surface area (Å²) in [7, 11) is 0. The molecule has 4 rings (SSSR count). The molecule has 1 N–H and O–H groups in total. The van der Waals surface area contributed by atoms with E-state index in [2.05, 4.69) is 20.6 Å². The molecular weight excluding hydrogens is 385 g/mol. The van der Waals surface area contributed by atoms with Crippen LogP contribution < -0.4 is 5.32 Å². The van der Waals surface area contributed by atoms with Crippen molar-refractivity contribution in [2.75, 3.05) is 5.32 Å². The minimum atomic E-state index is -0.346. The summed E-state index contributed by atoms with van der Waals surface area (Å²) in [6.07, 6.45) is 1.68. The summed E-state index contributed by atoms with van der Waals surface area (Å²) in [5, 5.41) is 11.3. The number of amides is 1. The molecule has 0 saturated heterocycles. The molecule has 2 heterocycles. The molecule has 7 nitrogen and oxygen atoms in total. The Kier molecular flexibility index (Phi) is 4.91. The number of carbonyl (C=O) groups excluding carboxylic acids is 1. The summed E-state index contributed by atoms with van der Waals surface area (Å²) >= 11 is 0. The van der Waals surface area contributed by atoms with Gasteiger partial charge in [0.2, 0.25) is 11.7 Å². The number of nitrogens with one attached hydrogen (secondary N) is 1. The molecule has 0 aliphatic carbocycles. The lowest BCUT2D eigenvalue weighted by Crippen LogP contribution is -2.13. The molecule has 0 radical (unpaired) electrons. The van der Waals surface area contributed by atoms with Gasteiger partial charge in [-0.15, -0.1) is 0 Å². The molecule has 0 aliphatic heterocycles. The second kappa shape index (κ2) is 7.55. The van der Waals surface area contributed by atoms with Crippen LogP contribution in [0.5, 0.6) is 0 Å². The summed E-state index contributed by atoms with van der Waals surface area (Å²) < 4.78 is 20.0. The van der Waals surface area contributed by atoms with Gasteiger partial charge in [0.25, 0.3) is 5.91 Å². The largest absolute Gasteiger partial charge is 0.339 e. The van der Waals surface area contributed by atoms with Crippen molar-refractivity contribution in [1.29, 1.82) is 0 Å². The number of aromatic nitrogens is 4. The molecule has 0 spiro atoms. The summed E-state index contributed by atoms with van der Waals surface area (Å²) in [5.74, 6) is 0.317. The van der Waals surface area contributed by atoms with E-state index in [0.717, 1.165) is 16.8 Å². The average molecular weight is 405 g/mol. The van der Waals surface area contributed by atoms with E-state index in [9.17, 15) is 9.18 Å². The molecule has 0 aliphatic rings. The minimum Gasteiger partial charge on any atom is -0.339 e. The maximum absolute atomic E-state index is 13.3. The van der Waals surface area contributed by atoms with Gasteiger partial charge >= 0.3 is 0 Å². The van der Waals surface area contributed by atoms with Gasteiger partial charge in [0.05, 0.1) is 16.9 Å². The minimum absolute atomic E-state index is 0.309. The van der Waals surface area contributed by atoms with Crippen LogP contribution in [-0.2, 0) is 0 Å². The van der Waals surface area contributed by atoms with Gasteiger partial charge in [0, 0.05) is 24.4 Å². The highest BCUT2D eigenvalue weighted by molar-refractivity contribution is 6.05. The highest BCUT2D eigenvalue weighted by Crippen LogP contribution is 2.24. The third-order valence-corrected chi connectivity index (χ3v) is 4.82. The average Bonchev–Trinajstić information content (AvgIpc) is 3.30. The van der Waals surface area contributed by atoms with Crippen LogP contribution >= 0.6 is 0 Å². The summed E-state index contributed by atoms with van der Waals surface area (Å²) in [5.41, 5.74) is 4.77. The lowest BCUT2D eigenvalue weighted by atomic mass is 10.1. The lowest BCUT2D eigenvalue weighted by molar-refractivity contribution is 0.102. The first-order valence-electron chi connectivity index (χ1n) is 9.37. The second-order valence-electron chi connectivity index (χ2n) is 7.12. The maximum Gasteiger partial charge on any atom is 0.259 e. The number of aryl methyl sites for hydroxylation is 4. The molecule has 2 aromatic carbocycles. The van der Waals surface area contributed by atoms with Crippen LogP contribution in [0.1, 0.15) is 33.1 Å². The Morgan fingerprint density at radius 1 is 1.07 bits per heavy atom. The molecule has 0 saturated carbocycles. The highest BCUT2D eigenvalue weighted by atomic mass is 19.1. The van der Waals surface area contributed by atoms with Crippen molar-refractivity contribution in [3.8, 4) is 17.1 Å².